The Morgan fingerprint density at radius 1 is 1.29 bits per heavy atom. The monoisotopic (exact) mass is 296 g/mol. The summed E-state index contributed by atoms with van der Waals surface area (Å²) in [6, 6.07) is 1.96. The van der Waals surface area contributed by atoms with Crippen LogP contribution in [0, 0.1) is 0 Å². The lowest BCUT2D eigenvalue weighted by Gasteiger charge is -2.25. The van der Waals surface area contributed by atoms with Crippen LogP contribution in [0.2, 0.25) is 0 Å². The second kappa shape index (κ2) is 6.51. The van der Waals surface area contributed by atoms with Crippen LogP contribution >= 0.6 is 0 Å². The largest absolute Gasteiger partial charge is 0.493 e. The van der Waals surface area contributed by atoms with Gasteiger partial charge in [-0.2, -0.15) is 0 Å². The van der Waals surface area contributed by atoms with Crippen molar-refractivity contribution in [2.75, 3.05) is 34.4 Å². The van der Waals surface area contributed by atoms with E-state index in [2.05, 4.69) is 4.90 Å². The van der Waals surface area contributed by atoms with Crippen LogP contribution < -0.4 is 19.9 Å². The average Bonchev–Trinajstić information content (AvgIpc) is 2.80. The molecule has 0 spiro atoms. The predicted octanol–water partition coefficient (Wildman–Crippen LogP) is 0.909. The Bertz CT molecular complexity index is 505. The topological polar surface area (TPSA) is 77.2 Å². The summed E-state index contributed by atoms with van der Waals surface area (Å²) in [7, 11) is 4.81. The van der Waals surface area contributed by atoms with Crippen molar-refractivity contribution in [3.05, 3.63) is 17.2 Å². The molecule has 1 aliphatic heterocycles. The number of methoxy groups -OCH3 is 3. The SMILES string of the molecule is COc1cc2c(c(OC)c1OC)C(CN)N(CC(C)O)C2. The number of hydrogen-bond donors (Lipinski definition) is 2. The van der Waals surface area contributed by atoms with Gasteiger partial charge in [0, 0.05) is 25.2 Å². The van der Waals surface area contributed by atoms with Crippen molar-refractivity contribution in [3.63, 3.8) is 0 Å². The van der Waals surface area contributed by atoms with Crippen LogP contribution in [0.15, 0.2) is 6.07 Å². The van der Waals surface area contributed by atoms with E-state index in [1.807, 2.05) is 6.07 Å². The summed E-state index contributed by atoms with van der Waals surface area (Å²) >= 11 is 0. The zero-order valence-electron chi connectivity index (χ0n) is 13.0. The summed E-state index contributed by atoms with van der Waals surface area (Å²) in [5, 5.41) is 9.67. The molecular formula is C15H24N2O4. The Morgan fingerprint density at radius 3 is 2.43 bits per heavy atom. The highest BCUT2D eigenvalue weighted by Gasteiger charge is 2.35. The molecule has 1 heterocycles. The number of aliphatic hydroxyl groups excluding tert-OH is 1. The molecule has 1 aromatic rings. The smallest absolute Gasteiger partial charge is 0.203 e. The van der Waals surface area contributed by atoms with Crippen molar-refractivity contribution in [2.45, 2.75) is 25.6 Å². The number of benzene rings is 1. The first-order valence-electron chi connectivity index (χ1n) is 7.01. The molecule has 0 saturated heterocycles. The van der Waals surface area contributed by atoms with Gasteiger partial charge in [-0.05, 0) is 18.6 Å². The van der Waals surface area contributed by atoms with Crippen LogP contribution in [0.4, 0.5) is 0 Å². The lowest BCUT2D eigenvalue weighted by Crippen LogP contribution is -2.33. The number of aliphatic hydroxyl groups is 1. The fourth-order valence-electron chi connectivity index (χ4n) is 3.03. The molecule has 118 valence electrons. The zero-order chi connectivity index (χ0) is 15.6. The van der Waals surface area contributed by atoms with Crippen molar-refractivity contribution in [3.8, 4) is 17.2 Å². The molecule has 2 atom stereocenters. The van der Waals surface area contributed by atoms with Crippen molar-refractivity contribution in [1.29, 1.82) is 0 Å². The minimum absolute atomic E-state index is 0.00403. The van der Waals surface area contributed by atoms with Gasteiger partial charge in [0.25, 0.3) is 0 Å². The van der Waals surface area contributed by atoms with E-state index in [1.54, 1.807) is 28.3 Å². The maximum Gasteiger partial charge on any atom is 0.203 e. The molecule has 2 rings (SSSR count). The first-order valence-corrected chi connectivity index (χ1v) is 7.01. The number of ether oxygens (including phenoxy) is 3. The Hall–Kier alpha value is -1.50. The number of β-amino-alcohol motifs (C(OH)–C–C–N with tert-alkyl or cyclic N) is 1. The Kier molecular flexibility index (Phi) is 4.92. The van der Waals surface area contributed by atoms with E-state index >= 15 is 0 Å². The number of nitrogens with two attached hydrogens (primary N) is 1. The summed E-state index contributed by atoms with van der Waals surface area (Å²) in [5.74, 6) is 1.88. The van der Waals surface area contributed by atoms with Gasteiger partial charge in [0.2, 0.25) is 5.75 Å². The quantitative estimate of drug-likeness (QED) is 0.812. The third kappa shape index (κ3) is 2.79. The van der Waals surface area contributed by atoms with Crippen LogP contribution in [-0.4, -0.2) is 50.5 Å². The van der Waals surface area contributed by atoms with Crippen molar-refractivity contribution >= 4 is 0 Å². The van der Waals surface area contributed by atoms with Crippen LogP contribution in [0.5, 0.6) is 17.2 Å². The molecule has 0 aromatic heterocycles. The number of hydrogen-bond acceptors (Lipinski definition) is 6. The van der Waals surface area contributed by atoms with Crippen molar-refractivity contribution in [1.82, 2.24) is 4.90 Å². The molecule has 0 fully saturated rings. The van der Waals surface area contributed by atoms with Crippen LogP contribution in [0.3, 0.4) is 0 Å². The fraction of sp³-hybridized carbons (Fsp3) is 0.600. The highest BCUT2D eigenvalue weighted by molar-refractivity contribution is 5.61. The third-order valence-corrected chi connectivity index (χ3v) is 3.82. The summed E-state index contributed by atoms with van der Waals surface area (Å²) in [6.07, 6.45) is -0.414. The fourth-order valence-corrected chi connectivity index (χ4v) is 3.03. The van der Waals surface area contributed by atoms with Crippen molar-refractivity contribution < 1.29 is 19.3 Å². The molecule has 1 aromatic carbocycles. The predicted molar refractivity (Wildman–Crippen MR) is 80.0 cm³/mol. The van der Waals surface area contributed by atoms with E-state index in [-0.39, 0.29) is 6.04 Å². The molecule has 1 aliphatic rings. The second-order valence-corrected chi connectivity index (χ2v) is 5.25. The maximum absolute atomic E-state index is 9.67. The normalized spacial score (nSPS) is 19.2. The summed E-state index contributed by atoms with van der Waals surface area (Å²) in [6.45, 7) is 3.49. The molecule has 0 saturated carbocycles. The molecule has 0 radical (unpaired) electrons. The summed E-state index contributed by atoms with van der Waals surface area (Å²) in [5.41, 5.74) is 8.07. The molecule has 6 heteroatoms. The molecule has 0 bridgehead atoms. The standard InChI is InChI=1S/C15H24N2O4/c1-9(18)7-17-8-10-5-12(19-2)14(20-3)15(21-4)13(10)11(17)6-16/h5,9,11,18H,6-8,16H2,1-4H3. The molecule has 21 heavy (non-hydrogen) atoms. The van der Waals surface area contributed by atoms with E-state index in [0.29, 0.717) is 36.9 Å². The molecule has 0 amide bonds. The van der Waals surface area contributed by atoms with Gasteiger partial charge in [-0.3, -0.25) is 4.90 Å². The molecule has 2 unspecified atom stereocenters. The molecular weight excluding hydrogens is 272 g/mol. The van der Waals surface area contributed by atoms with Gasteiger partial charge in [-0.1, -0.05) is 0 Å². The van der Waals surface area contributed by atoms with E-state index in [1.165, 1.54) is 0 Å². The van der Waals surface area contributed by atoms with E-state index in [0.717, 1.165) is 11.1 Å². The molecule has 3 N–H and O–H groups in total. The first-order chi connectivity index (χ1) is 10.1. The number of nitrogens with zero attached hydrogens (tertiary/aromatic N) is 1. The average molecular weight is 296 g/mol. The Morgan fingerprint density at radius 2 is 1.95 bits per heavy atom. The van der Waals surface area contributed by atoms with Gasteiger partial charge in [0.05, 0.1) is 33.5 Å². The van der Waals surface area contributed by atoms with E-state index in [4.69, 9.17) is 19.9 Å². The highest BCUT2D eigenvalue weighted by atomic mass is 16.5. The van der Waals surface area contributed by atoms with Crippen LogP contribution in [0.1, 0.15) is 24.1 Å². The lowest BCUT2D eigenvalue weighted by molar-refractivity contribution is 0.105. The third-order valence-electron chi connectivity index (χ3n) is 3.82. The highest BCUT2D eigenvalue weighted by Crippen LogP contribution is 2.48. The van der Waals surface area contributed by atoms with Gasteiger partial charge in [0.1, 0.15) is 0 Å². The van der Waals surface area contributed by atoms with Gasteiger partial charge < -0.3 is 25.1 Å². The van der Waals surface area contributed by atoms with Crippen LogP contribution in [-0.2, 0) is 6.54 Å². The minimum Gasteiger partial charge on any atom is -0.493 e. The van der Waals surface area contributed by atoms with Crippen molar-refractivity contribution in [2.24, 2.45) is 5.73 Å². The summed E-state index contributed by atoms with van der Waals surface area (Å²) in [4.78, 5) is 2.15. The van der Waals surface area contributed by atoms with Gasteiger partial charge in [0.15, 0.2) is 11.5 Å². The van der Waals surface area contributed by atoms with E-state index in [9.17, 15) is 5.11 Å². The Labute approximate surface area is 125 Å². The lowest BCUT2D eigenvalue weighted by atomic mass is 10.0. The number of rotatable bonds is 6. The Balaban J connectivity index is 2.52. The second-order valence-electron chi connectivity index (χ2n) is 5.25. The summed E-state index contributed by atoms with van der Waals surface area (Å²) < 4.78 is 16.4. The zero-order valence-corrected chi connectivity index (χ0v) is 13.0. The molecule has 6 nitrogen and oxygen atoms in total. The first kappa shape index (κ1) is 15.9. The maximum atomic E-state index is 9.67. The van der Waals surface area contributed by atoms with Gasteiger partial charge in [-0.25, -0.2) is 0 Å². The van der Waals surface area contributed by atoms with E-state index < -0.39 is 6.10 Å². The van der Waals surface area contributed by atoms with Gasteiger partial charge in [-0.15, -0.1) is 0 Å². The van der Waals surface area contributed by atoms with Gasteiger partial charge >= 0.3 is 0 Å². The van der Waals surface area contributed by atoms with Crippen LogP contribution in [0.25, 0.3) is 0 Å². The molecule has 0 aliphatic carbocycles. The minimum atomic E-state index is -0.414. The number of fused-ring (bicyclic) bond motifs is 1.